The Balaban J connectivity index is 1.62. The van der Waals surface area contributed by atoms with Crippen LogP contribution in [0, 0.1) is 6.92 Å². The molecule has 2 N–H and O–H groups in total. The second kappa shape index (κ2) is 6.85. The van der Waals surface area contributed by atoms with Crippen molar-refractivity contribution in [3.63, 3.8) is 0 Å². The lowest BCUT2D eigenvalue weighted by atomic mass is 10.2. The molecule has 1 amide bonds. The Morgan fingerprint density at radius 2 is 2.09 bits per heavy atom. The fraction of sp³-hybridized carbons (Fsp3) is 0.353. The van der Waals surface area contributed by atoms with Crippen molar-refractivity contribution >= 4 is 5.91 Å². The van der Waals surface area contributed by atoms with Gasteiger partial charge in [-0.25, -0.2) is 0 Å². The average Bonchev–Trinajstić information content (AvgIpc) is 3.16. The zero-order valence-corrected chi connectivity index (χ0v) is 12.8. The quantitative estimate of drug-likeness (QED) is 0.876. The molecule has 3 rings (SSSR count). The van der Waals surface area contributed by atoms with E-state index in [2.05, 4.69) is 5.32 Å². The van der Waals surface area contributed by atoms with E-state index >= 15 is 0 Å². The molecule has 0 radical (unpaired) electrons. The summed E-state index contributed by atoms with van der Waals surface area (Å²) in [6, 6.07) is 8.82. The SMILES string of the molecule is Cc1ccc(OCc2occc2C(=O)N[C@H]2COC[C@@H]2O)cc1. The minimum Gasteiger partial charge on any atom is -0.486 e. The largest absolute Gasteiger partial charge is 0.486 e. The lowest BCUT2D eigenvalue weighted by Gasteiger charge is -2.14. The van der Waals surface area contributed by atoms with Crippen molar-refractivity contribution in [3.05, 3.63) is 53.5 Å². The highest BCUT2D eigenvalue weighted by atomic mass is 16.5. The average molecular weight is 317 g/mol. The smallest absolute Gasteiger partial charge is 0.255 e. The number of hydrogen-bond donors (Lipinski definition) is 2. The molecule has 122 valence electrons. The molecule has 1 aromatic heterocycles. The number of carbonyl (C=O) groups is 1. The van der Waals surface area contributed by atoms with Gasteiger partial charge in [-0.15, -0.1) is 0 Å². The first kappa shape index (κ1) is 15.6. The lowest BCUT2D eigenvalue weighted by molar-refractivity contribution is 0.0882. The number of aryl methyl sites for hydroxylation is 1. The Bertz CT molecular complexity index is 664. The summed E-state index contributed by atoms with van der Waals surface area (Å²) in [7, 11) is 0. The van der Waals surface area contributed by atoms with Gasteiger partial charge in [0.25, 0.3) is 5.91 Å². The van der Waals surface area contributed by atoms with Crippen molar-refractivity contribution in [1.82, 2.24) is 5.32 Å². The van der Waals surface area contributed by atoms with Gasteiger partial charge < -0.3 is 24.3 Å². The van der Waals surface area contributed by atoms with Crippen molar-refractivity contribution in [2.45, 2.75) is 25.7 Å². The first-order valence-electron chi connectivity index (χ1n) is 7.46. The van der Waals surface area contributed by atoms with Crippen LogP contribution in [0.25, 0.3) is 0 Å². The molecule has 1 aliphatic rings. The molecule has 2 atom stereocenters. The lowest BCUT2D eigenvalue weighted by Crippen LogP contribution is -2.42. The van der Waals surface area contributed by atoms with E-state index in [0.29, 0.717) is 23.7 Å². The van der Waals surface area contributed by atoms with Crippen molar-refractivity contribution in [2.75, 3.05) is 13.2 Å². The van der Waals surface area contributed by atoms with Crippen LogP contribution in [0.5, 0.6) is 5.75 Å². The normalized spacial score (nSPS) is 20.4. The van der Waals surface area contributed by atoms with E-state index in [4.69, 9.17) is 13.9 Å². The molecular weight excluding hydrogens is 298 g/mol. The Kier molecular flexibility index (Phi) is 4.64. The number of ether oxygens (including phenoxy) is 2. The number of carbonyl (C=O) groups excluding carboxylic acids is 1. The van der Waals surface area contributed by atoms with Gasteiger partial charge in [0.2, 0.25) is 0 Å². The summed E-state index contributed by atoms with van der Waals surface area (Å²) in [5.41, 5.74) is 1.55. The number of benzene rings is 1. The molecule has 2 heterocycles. The number of nitrogens with one attached hydrogen (secondary N) is 1. The highest BCUT2D eigenvalue weighted by Gasteiger charge is 2.29. The van der Waals surface area contributed by atoms with Crippen molar-refractivity contribution in [3.8, 4) is 5.75 Å². The van der Waals surface area contributed by atoms with Crippen molar-refractivity contribution in [2.24, 2.45) is 0 Å². The van der Waals surface area contributed by atoms with Crippen LogP contribution in [-0.2, 0) is 11.3 Å². The van der Waals surface area contributed by atoms with Gasteiger partial charge in [0.05, 0.1) is 37.2 Å². The number of aliphatic hydroxyl groups excluding tert-OH is 1. The molecule has 1 fully saturated rings. The van der Waals surface area contributed by atoms with Crippen LogP contribution in [0.1, 0.15) is 21.7 Å². The molecule has 6 nitrogen and oxygen atoms in total. The van der Waals surface area contributed by atoms with Gasteiger partial charge in [0, 0.05) is 0 Å². The maximum atomic E-state index is 12.3. The van der Waals surface area contributed by atoms with Crippen LogP contribution < -0.4 is 10.1 Å². The second-order valence-corrected chi connectivity index (χ2v) is 5.54. The van der Waals surface area contributed by atoms with E-state index in [9.17, 15) is 9.90 Å². The van der Waals surface area contributed by atoms with Gasteiger partial charge >= 0.3 is 0 Å². The summed E-state index contributed by atoms with van der Waals surface area (Å²) in [4.78, 5) is 12.3. The van der Waals surface area contributed by atoms with E-state index in [1.54, 1.807) is 6.07 Å². The Morgan fingerprint density at radius 3 is 2.78 bits per heavy atom. The predicted octanol–water partition coefficient (Wildman–Crippen LogP) is 1.66. The molecule has 0 bridgehead atoms. The number of amides is 1. The van der Waals surface area contributed by atoms with E-state index in [-0.39, 0.29) is 19.1 Å². The predicted molar refractivity (Wildman–Crippen MR) is 82.3 cm³/mol. The minimum absolute atomic E-state index is 0.155. The molecule has 6 heteroatoms. The summed E-state index contributed by atoms with van der Waals surface area (Å²) in [5.74, 6) is 0.838. The zero-order valence-electron chi connectivity index (χ0n) is 12.8. The Hall–Kier alpha value is -2.31. The van der Waals surface area contributed by atoms with E-state index in [0.717, 1.165) is 5.56 Å². The highest BCUT2D eigenvalue weighted by Crippen LogP contribution is 2.17. The first-order valence-corrected chi connectivity index (χ1v) is 7.46. The molecule has 2 aromatic rings. The third-order valence-electron chi connectivity index (χ3n) is 3.75. The molecule has 1 saturated heterocycles. The maximum Gasteiger partial charge on any atom is 0.255 e. The number of aliphatic hydroxyl groups is 1. The summed E-state index contributed by atoms with van der Waals surface area (Å²) in [6.07, 6.45) is 0.766. The van der Waals surface area contributed by atoms with Crippen LogP contribution >= 0.6 is 0 Å². The standard InChI is InChI=1S/C17H19NO5/c1-11-2-4-12(5-3-11)23-10-16-13(6-7-22-16)17(20)18-14-8-21-9-15(14)19/h2-7,14-15,19H,8-10H2,1H3,(H,18,20)/t14-,15-/m0/s1. The fourth-order valence-corrected chi connectivity index (χ4v) is 2.37. The number of hydrogen-bond acceptors (Lipinski definition) is 5. The van der Waals surface area contributed by atoms with Crippen LogP contribution in [0.15, 0.2) is 41.0 Å². The number of rotatable bonds is 5. The third-order valence-corrected chi connectivity index (χ3v) is 3.75. The second-order valence-electron chi connectivity index (χ2n) is 5.54. The van der Waals surface area contributed by atoms with Crippen LogP contribution in [-0.4, -0.2) is 36.4 Å². The van der Waals surface area contributed by atoms with E-state index in [1.807, 2.05) is 31.2 Å². The molecule has 0 spiro atoms. The van der Waals surface area contributed by atoms with Crippen LogP contribution in [0.4, 0.5) is 0 Å². The summed E-state index contributed by atoms with van der Waals surface area (Å²) in [5, 5.41) is 12.4. The zero-order chi connectivity index (χ0) is 16.2. The Morgan fingerprint density at radius 1 is 1.30 bits per heavy atom. The van der Waals surface area contributed by atoms with Crippen molar-refractivity contribution < 1.29 is 23.8 Å². The fourth-order valence-electron chi connectivity index (χ4n) is 2.37. The maximum absolute atomic E-state index is 12.3. The molecule has 1 aromatic carbocycles. The molecule has 0 unspecified atom stereocenters. The molecule has 0 aliphatic carbocycles. The summed E-state index contributed by atoms with van der Waals surface area (Å²) < 4.78 is 16.1. The van der Waals surface area contributed by atoms with E-state index in [1.165, 1.54) is 6.26 Å². The van der Waals surface area contributed by atoms with Gasteiger partial charge in [-0.05, 0) is 25.1 Å². The third kappa shape index (κ3) is 3.72. The molecule has 23 heavy (non-hydrogen) atoms. The molecule has 0 saturated carbocycles. The van der Waals surface area contributed by atoms with Gasteiger partial charge in [0.1, 0.15) is 12.4 Å². The Labute approximate surface area is 134 Å². The first-order chi connectivity index (χ1) is 11.1. The summed E-state index contributed by atoms with van der Waals surface area (Å²) >= 11 is 0. The molecule has 1 aliphatic heterocycles. The monoisotopic (exact) mass is 317 g/mol. The van der Waals surface area contributed by atoms with Gasteiger partial charge in [-0.3, -0.25) is 4.79 Å². The van der Waals surface area contributed by atoms with Crippen LogP contribution in [0.2, 0.25) is 0 Å². The van der Waals surface area contributed by atoms with Crippen molar-refractivity contribution in [1.29, 1.82) is 0 Å². The summed E-state index contributed by atoms with van der Waals surface area (Å²) in [6.45, 7) is 2.70. The minimum atomic E-state index is -0.682. The van der Waals surface area contributed by atoms with Gasteiger partial charge in [0.15, 0.2) is 5.76 Å². The van der Waals surface area contributed by atoms with E-state index < -0.39 is 12.1 Å². The topological polar surface area (TPSA) is 80.9 Å². The number of furan rings is 1. The van der Waals surface area contributed by atoms with Gasteiger partial charge in [-0.2, -0.15) is 0 Å². The van der Waals surface area contributed by atoms with Gasteiger partial charge in [-0.1, -0.05) is 17.7 Å². The molecular formula is C17H19NO5. The van der Waals surface area contributed by atoms with Crippen LogP contribution in [0.3, 0.4) is 0 Å². The highest BCUT2D eigenvalue weighted by molar-refractivity contribution is 5.95.